The molecule has 1 amide bonds. The predicted molar refractivity (Wildman–Crippen MR) is 141 cm³/mol. The lowest BCUT2D eigenvalue weighted by atomic mass is 10.2. The van der Waals surface area contributed by atoms with Crippen molar-refractivity contribution >= 4 is 22.6 Å². The van der Waals surface area contributed by atoms with E-state index in [-0.39, 0.29) is 11.5 Å². The van der Waals surface area contributed by atoms with Crippen LogP contribution in [0.3, 0.4) is 0 Å². The molecule has 0 atom stereocenters. The van der Waals surface area contributed by atoms with Gasteiger partial charge in [0.15, 0.2) is 0 Å². The van der Waals surface area contributed by atoms with Crippen molar-refractivity contribution in [3.05, 3.63) is 113 Å². The summed E-state index contributed by atoms with van der Waals surface area (Å²) in [5, 5.41) is 3.63. The van der Waals surface area contributed by atoms with E-state index >= 15 is 0 Å². The highest BCUT2D eigenvalue weighted by Crippen LogP contribution is 2.24. The number of carbonyl (C=O) groups is 1. The molecule has 180 valence electrons. The summed E-state index contributed by atoms with van der Waals surface area (Å²) < 4.78 is 13.0. The Kier molecular flexibility index (Phi) is 6.53. The highest BCUT2D eigenvalue weighted by molar-refractivity contribution is 6.05. The van der Waals surface area contributed by atoms with Gasteiger partial charge in [-0.05, 0) is 79.2 Å². The fourth-order valence-corrected chi connectivity index (χ4v) is 3.84. The molecule has 7 nitrogen and oxygen atoms in total. The molecule has 0 saturated carbocycles. The fraction of sp³-hybridized carbons (Fsp3) is 0.103. The van der Waals surface area contributed by atoms with Gasteiger partial charge in [0.2, 0.25) is 0 Å². The van der Waals surface area contributed by atoms with Gasteiger partial charge in [-0.2, -0.15) is 0 Å². The molecule has 5 rings (SSSR count). The summed E-state index contributed by atoms with van der Waals surface area (Å²) >= 11 is 0. The Morgan fingerprint density at radius 2 is 1.56 bits per heavy atom. The van der Waals surface area contributed by atoms with Gasteiger partial charge in [-0.15, -0.1) is 0 Å². The highest BCUT2D eigenvalue weighted by atomic mass is 16.5. The van der Waals surface area contributed by atoms with Crippen LogP contribution in [0.15, 0.2) is 102 Å². The molecule has 2 heterocycles. The molecule has 2 N–H and O–H groups in total. The van der Waals surface area contributed by atoms with Crippen molar-refractivity contribution in [3.8, 4) is 22.9 Å². The number of aromatic amines is 1. The van der Waals surface area contributed by atoms with Crippen molar-refractivity contribution in [2.75, 3.05) is 11.9 Å². The first-order chi connectivity index (χ1) is 17.6. The van der Waals surface area contributed by atoms with Crippen molar-refractivity contribution in [1.82, 2.24) is 9.55 Å². The van der Waals surface area contributed by atoms with Crippen LogP contribution in [-0.2, 0) is 0 Å². The molecule has 0 bridgehead atoms. The summed E-state index contributed by atoms with van der Waals surface area (Å²) in [5.74, 6) is 1.83. The summed E-state index contributed by atoms with van der Waals surface area (Å²) in [4.78, 5) is 28.8. The number of amides is 1. The second kappa shape index (κ2) is 10.2. The molecule has 0 spiro atoms. The quantitative estimate of drug-likeness (QED) is 0.279. The molecular formula is C29H25N3O4. The zero-order valence-corrected chi connectivity index (χ0v) is 19.7. The van der Waals surface area contributed by atoms with Crippen molar-refractivity contribution in [3.63, 3.8) is 0 Å². The number of fused-ring (bicyclic) bond motifs is 1. The Hall–Kier alpha value is -4.78. The van der Waals surface area contributed by atoms with Crippen molar-refractivity contribution < 1.29 is 14.3 Å². The number of ether oxygens (including phenoxy) is 2. The minimum Gasteiger partial charge on any atom is -0.494 e. The predicted octanol–water partition coefficient (Wildman–Crippen LogP) is 6.15. The average Bonchev–Trinajstić information content (AvgIpc) is 3.34. The summed E-state index contributed by atoms with van der Waals surface area (Å²) in [5.41, 5.74) is 1.99. The molecule has 0 radical (unpaired) electrons. The topological polar surface area (TPSA) is 85.3 Å². The van der Waals surface area contributed by atoms with Crippen molar-refractivity contribution in [2.45, 2.75) is 13.3 Å². The Balaban J connectivity index is 1.35. The summed E-state index contributed by atoms with van der Waals surface area (Å²) in [6.07, 6.45) is 0.916. The van der Waals surface area contributed by atoms with Crippen LogP contribution in [0.4, 0.5) is 5.69 Å². The van der Waals surface area contributed by atoms with E-state index in [1.807, 2.05) is 61.5 Å². The van der Waals surface area contributed by atoms with Crippen molar-refractivity contribution in [2.24, 2.45) is 0 Å². The minimum absolute atomic E-state index is 0.201. The van der Waals surface area contributed by atoms with E-state index in [4.69, 9.17) is 9.47 Å². The average molecular weight is 480 g/mol. The number of rotatable bonds is 8. The Morgan fingerprint density at radius 1 is 0.861 bits per heavy atom. The minimum atomic E-state index is -0.315. The number of pyridine rings is 1. The van der Waals surface area contributed by atoms with Gasteiger partial charge in [0, 0.05) is 17.1 Å². The van der Waals surface area contributed by atoms with Gasteiger partial charge in [0.25, 0.3) is 11.5 Å². The van der Waals surface area contributed by atoms with E-state index in [0.717, 1.165) is 23.3 Å². The van der Waals surface area contributed by atoms with E-state index in [1.165, 1.54) is 6.07 Å². The number of carbonyl (C=O) groups excluding carboxylic acids is 1. The molecule has 0 saturated heterocycles. The van der Waals surface area contributed by atoms with E-state index in [2.05, 4.69) is 10.3 Å². The number of nitrogens with one attached hydrogen (secondary N) is 2. The van der Waals surface area contributed by atoms with Crippen LogP contribution < -0.4 is 20.3 Å². The standard InChI is InChI=1S/C29H25N3O4/c1-2-18-35-23-15-11-22(12-16-23)32-27(33)17-8-20-19-26(31-28(20)32)29(34)30-21-9-13-25(14-10-21)36-24-6-4-3-5-7-24/h3-17,19,31H,2,18H2,1H3,(H,30,34). The Labute approximate surface area is 207 Å². The molecule has 0 fully saturated rings. The molecule has 5 aromatic rings. The maximum Gasteiger partial charge on any atom is 0.272 e. The van der Waals surface area contributed by atoms with Crippen LogP contribution in [0, 0.1) is 0 Å². The second-order valence-corrected chi connectivity index (χ2v) is 8.23. The highest BCUT2D eigenvalue weighted by Gasteiger charge is 2.14. The number of hydrogen-bond donors (Lipinski definition) is 2. The number of nitrogens with zero attached hydrogens (tertiary/aromatic N) is 1. The fourth-order valence-electron chi connectivity index (χ4n) is 3.84. The maximum absolute atomic E-state index is 13.0. The van der Waals surface area contributed by atoms with E-state index in [1.54, 1.807) is 41.0 Å². The number of para-hydroxylation sites is 1. The van der Waals surface area contributed by atoms with Gasteiger partial charge in [-0.1, -0.05) is 25.1 Å². The van der Waals surface area contributed by atoms with Crippen LogP contribution in [0.1, 0.15) is 23.8 Å². The van der Waals surface area contributed by atoms with Gasteiger partial charge in [-0.25, -0.2) is 0 Å². The van der Waals surface area contributed by atoms with E-state index in [9.17, 15) is 9.59 Å². The first-order valence-electron chi connectivity index (χ1n) is 11.7. The maximum atomic E-state index is 13.0. The molecule has 0 unspecified atom stereocenters. The van der Waals surface area contributed by atoms with Crippen LogP contribution in [0.25, 0.3) is 16.7 Å². The van der Waals surface area contributed by atoms with Crippen LogP contribution in [0.5, 0.6) is 17.2 Å². The van der Waals surface area contributed by atoms with Gasteiger partial charge in [-0.3, -0.25) is 14.2 Å². The second-order valence-electron chi connectivity index (χ2n) is 8.23. The monoisotopic (exact) mass is 479 g/mol. The van der Waals surface area contributed by atoms with Gasteiger partial charge in [0.1, 0.15) is 28.6 Å². The zero-order chi connectivity index (χ0) is 24.9. The van der Waals surface area contributed by atoms with Crippen LogP contribution in [-0.4, -0.2) is 22.1 Å². The number of anilines is 1. The number of H-pyrrole nitrogens is 1. The zero-order valence-electron chi connectivity index (χ0n) is 19.7. The molecule has 7 heteroatoms. The largest absolute Gasteiger partial charge is 0.494 e. The molecule has 0 aliphatic carbocycles. The summed E-state index contributed by atoms with van der Waals surface area (Å²) in [7, 11) is 0. The smallest absolute Gasteiger partial charge is 0.272 e. The van der Waals surface area contributed by atoms with Crippen LogP contribution >= 0.6 is 0 Å². The lowest BCUT2D eigenvalue weighted by Crippen LogP contribution is -2.17. The number of hydrogen-bond acceptors (Lipinski definition) is 4. The third kappa shape index (κ3) is 5.00. The lowest BCUT2D eigenvalue weighted by molar-refractivity contribution is 0.102. The molecule has 0 aliphatic heterocycles. The van der Waals surface area contributed by atoms with E-state index in [0.29, 0.717) is 35.1 Å². The van der Waals surface area contributed by atoms with Gasteiger partial charge in [0.05, 0.1) is 12.3 Å². The van der Waals surface area contributed by atoms with Gasteiger partial charge < -0.3 is 19.8 Å². The number of aromatic nitrogens is 2. The SMILES string of the molecule is CCCOc1ccc(-n2c(=O)ccc3cc(C(=O)Nc4ccc(Oc5ccccc5)cc4)[nH]c32)cc1. The third-order valence-corrected chi connectivity index (χ3v) is 5.58. The molecule has 3 aromatic carbocycles. The summed E-state index contributed by atoms with van der Waals surface area (Å²) in [6.45, 7) is 2.68. The van der Waals surface area contributed by atoms with Crippen LogP contribution in [0.2, 0.25) is 0 Å². The van der Waals surface area contributed by atoms with Gasteiger partial charge >= 0.3 is 0 Å². The molecule has 36 heavy (non-hydrogen) atoms. The Morgan fingerprint density at radius 3 is 2.28 bits per heavy atom. The normalized spacial score (nSPS) is 10.8. The molecular weight excluding hydrogens is 454 g/mol. The first kappa shape index (κ1) is 23.0. The molecule has 0 aliphatic rings. The summed E-state index contributed by atoms with van der Waals surface area (Å²) in [6, 6.07) is 28.8. The van der Waals surface area contributed by atoms with Crippen molar-refractivity contribution in [1.29, 1.82) is 0 Å². The molecule has 2 aromatic heterocycles. The van der Waals surface area contributed by atoms with E-state index < -0.39 is 0 Å². The first-order valence-corrected chi connectivity index (χ1v) is 11.7. The Bertz CT molecular complexity index is 1540. The third-order valence-electron chi connectivity index (χ3n) is 5.58. The lowest BCUT2D eigenvalue weighted by Gasteiger charge is -2.09. The number of benzene rings is 3.